The minimum absolute atomic E-state index is 0. The third-order valence-electron chi connectivity index (χ3n) is 3.24. The van der Waals surface area contributed by atoms with E-state index in [1.807, 2.05) is 6.07 Å². The Labute approximate surface area is 111 Å². The molecule has 1 N–H and O–H groups in total. The van der Waals surface area contributed by atoms with Gasteiger partial charge in [-0.25, -0.2) is 4.39 Å². The quantitative estimate of drug-likeness (QED) is 0.864. The van der Waals surface area contributed by atoms with Gasteiger partial charge in [-0.15, -0.1) is 12.4 Å². The van der Waals surface area contributed by atoms with Crippen LogP contribution in [0.1, 0.15) is 6.92 Å². The highest BCUT2D eigenvalue weighted by molar-refractivity contribution is 5.91. The summed E-state index contributed by atoms with van der Waals surface area (Å²) in [7, 11) is 0. The number of nitrogens with zero attached hydrogens (tertiary/aromatic N) is 1. The number of rotatable bonds is 1. The number of fused-ring (bicyclic) bond motifs is 1. The average Bonchev–Trinajstić information content (AvgIpc) is 2.76. The number of nitrogens with one attached hydrogen (secondary N) is 1. The normalized spacial score (nSPS) is 19.9. The zero-order valence-electron chi connectivity index (χ0n) is 10.1. The van der Waals surface area contributed by atoms with E-state index < -0.39 is 0 Å². The Morgan fingerprint density at radius 1 is 1.39 bits per heavy atom. The highest BCUT2D eigenvalue weighted by Gasteiger charge is 2.21. The molecule has 0 unspecified atom stereocenters. The predicted octanol–water partition coefficient (Wildman–Crippen LogP) is 2.79. The van der Waals surface area contributed by atoms with Crippen molar-refractivity contribution in [2.24, 2.45) is 0 Å². The summed E-state index contributed by atoms with van der Waals surface area (Å²) in [5.41, 5.74) is 1.41. The van der Waals surface area contributed by atoms with Gasteiger partial charge in [0.25, 0.3) is 0 Å². The molecule has 0 spiro atoms. The molecule has 0 amide bonds. The van der Waals surface area contributed by atoms with Crippen LogP contribution in [0, 0.1) is 5.82 Å². The van der Waals surface area contributed by atoms with Crippen molar-refractivity contribution in [3.8, 4) is 0 Å². The zero-order chi connectivity index (χ0) is 11.8. The lowest BCUT2D eigenvalue weighted by Gasteiger charge is -2.34. The van der Waals surface area contributed by atoms with Crippen LogP contribution in [0.4, 0.5) is 10.1 Å². The molecule has 1 aliphatic rings. The molecular weight excluding hydrogens is 255 g/mol. The zero-order valence-corrected chi connectivity index (χ0v) is 11.0. The summed E-state index contributed by atoms with van der Waals surface area (Å²) < 4.78 is 19.3. The number of benzene rings is 1. The lowest BCUT2D eigenvalue weighted by molar-refractivity contribution is 0.479. The van der Waals surface area contributed by atoms with Gasteiger partial charge in [-0.2, -0.15) is 0 Å². The van der Waals surface area contributed by atoms with E-state index in [0.717, 1.165) is 30.6 Å². The van der Waals surface area contributed by atoms with E-state index in [9.17, 15) is 4.39 Å². The number of anilines is 1. The second-order valence-electron chi connectivity index (χ2n) is 4.53. The summed E-state index contributed by atoms with van der Waals surface area (Å²) in [6, 6.07) is 5.37. The molecule has 1 saturated heterocycles. The van der Waals surface area contributed by atoms with Crippen LogP contribution in [0.5, 0.6) is 0 Å². The minimum Gasteiger partial charge on any atom is -0.464 e. The molecule has 0 aliphatic carbocycles. The van der Waals surface area contributed by atoms with E-state index >= 15 is 0 Å². The molecule has 3 rings (SSSR count). The predicted molar refractivity (Wildman–Crippen MR) is 73.1 cm³/mol. The fourth-order valence-electron chi connectivity index (χ4n) is 2.46. The van der Waals surface area contributed by atoms with E-state index in [1.54, 1.807) is 12.3 Å². The number of halogens is 2. The third-order valence-corrected chi connectivity index (χ3v) is 3.24. The van der Waals surface area contributed by atoms with Crippen molar-refractivity contribution in [2.45, 2.75) is 13.0 Å². The van der Waals surface area contributed by atoms with E-state index in [1.165, 1.54) is 6.07 Å². The molecule has 0 saturated carbocycles. The first-order valence-electron chi connectivity index (χ1n) is 5.90. The van der Waals surface area contributed by atoms with Gasteiger partial charge in [0, 0.05) is 31.1 Å². The maximum Gasteiger partial charge on any atom is 0.147 e. The molecule has 5 heteroatoms. The largest absolute Gasteiger partial charge is 0.464 e. The van der Waals surface area contributed by atoms with E-state index in [4.69, 9.17) is 4.42 Å². The first-order chi connectivity index (χ1) is 8.25. The van der Waals surface area contributed by atoms with E-state index in [2.05, 4.69) is 17.1 Å². The molecule has 1 fully saturated rings. The number of hydrogen-bond donors (Lipinski definition) is 1. The molecule has 2 aromatic rings. The minimum atomic E-state index is -0.173. The average molecular weight is 271 g/mol. The highest BCUT2D eigenvalue weighted by Crippen LogP contribution is 2.31. The lowest BCUT2D eigenvalue weighted by Crippen LogP contribution is -2.49. The van der Waals surface area contributed by atoms with Crippen molar-refractivity contribution in [3.05, 3.63) is 30.3 Å². The molecule has 2 heterocycles. The molecule has 18 heavy (non-hydrogen) atoms. The number of hydrogen-bond acceptors (Lipinski definition) is 3. The second-order valence-corrected chi connectivity index (χ2v) is 4.53. The Morgan fingerprint density at radius 2 is 2.22 bits per heavy atom. The van der Waals surface area contributed by atoms with Crippen LogP contribution in [0.2, 0.25) is 0 Å². The Hall–Kier alpha value is -1.26. The summed E-state index contributed by atoms with van der Waals surface area (Å²) in [6.07, 6.45) is 1.61. The molecule has 1 atom stereocenters. The van der Waals surface area contributed by atoms with Crippen molar-refractivity contribution < 1.29 is 8.81 Å². The highest BCUT2D eigenvalue weighted by atomic mass is 35.5. The molecule has 0 bridgehead atoms. The lowest BCUT2D eigenvalue weighted by atomic mass is 10.1. The van der Waals surface area contributed by atoms with Crippen LogP contribution < -0.4 is 10.2 Å². The topological polar surface area (TPSA) is 28.4 Å². The van der Waals surface area contributed by atoms with Crippen molar-refractivity contribution in [1.29, 1.82) is 0 Å². The first-order valence-corrected chi connectivity index (χ1v) is 5.90. The van der Waals surface area contributed by atoms with Crippen LogP contribution in [0.3, 0.4) is 0 Å². The number of piperazine rings is 1. The Bertz CT molecular complexity index is 543. The van der Waals surface area contributed by atoms with Gasteiger partial charge in [0.2, 0.25) is 0 Å². The molecule has 3 nitrogen and oxygen atoms in total. The van der Waals surface area contributed by atoms with Crippen molar-refractivity contribution in [1.82, 2.24) is 5.32 Å². The Kier molecular flexibility index (Phi) is 3.78. The van der Waals surface area contributed by atoms with Gasteiger partial charge in [-0.05, 0) is 25.1 Å². The number of furan rings is 1. The van der Waals surface area contributed by atoms with Crippen LogP contribution in [-0.4, -0.2) is 25.7 Å². The van der Waals surface area contributed by atoms with Gasteiger partial charge in [-0.3, -0.25) is 0 Å². The van der Waals surface area contributed by atoms with Crippen LogP contribution in [0.15, 0.2) is 28.9 Å². The van der Waals surface area contributed by atoms with Gasteiger partial charge in [-0.1, -0.05) is 0 Å². The second kappa shape index (κ2) is 5.16. The summed E-state index contributed by atoms with van der Waals surface area (Å²) >= 11 is 0. The molecular formula is C13H16ClFN2O. The molecule has 1 aliphatic heterocycles. The molecule has 98 valence electrons. The van der Waals surface area contributed by atoms with Gasteiger partial charge in [0.15, 0.2) is 0 Å². The molecule has 0 radical (unpaired) electrons. The van der Waals surface area contributed by atoms with Gasteiger partial charge >= 0.3 is 0 Å². The monoisotopic (exact) mass is 270 g/mol. The maximum atomic E-state index is 14.0. The molecule has 1 aromatic heterocycles. The fraction of sp³-hybridized carbons (Fsp3) is 0.385. The summed E-state index contributed by atoms with van der Waals surface area (Å²) in [6.45, 7) is 4.64. The van der Waals surface area contributed by atoms with Crippen molar-refractivity contribution in [2.75, 3.05) is 24.5 Å². The van der Waals surface area contributed by atoms with E-state index in [0.29, 0.717) is 11.7 Å². The SMILES string of the molecule is C[C@H]1CN(c2c(F)ccc3occc23)CCN1.Cl. The fourth-order valence-corrected chi connectivity index (χ4v) is 2.46. The van der Waals surface area contributed by atoms with Gasteiger partial charge in [0.1, 0.15) is 11.4 Å². The van der Waals surface area contributed by atoms with Gasteiger partial charge in [0.05, 0.1) is 12.0 Å². The molecule has 1 aromatic carbocycles. The van der Waals surface area contributed by atoms with Crippen LogP contribution >= 0.6 is 12.4 Å². The smallest absolute Gasteiger partial charge is 0.147 e. The Morgan fingerprint density at radius 3 is 3.00 bits per heavy atom. The van der Waals surface area contributed by atoms with Crippen LogP contribution in [-0.2, 0) is 0 Å². The van der Waals surface area contributed by atoms with E-state index in [-0.39, 0.29) is 18.2 Å². The first kappa shape index (κ1) is 13.2. The van der Waals surface area contributed by atoms with Crippen molar-refractivity contribution in [3.63, 3.8) is 0 Å². The standard InChI is InChI=1S/C13H15FN2O.ClH/c1-9-8-16(6-5-15-9)13-10-4-7-17-12(10)3-2-11(13)14;/h2-4,7,9,15H,5-6,8H2,1H3;1H/t9-;/m0./s1. The summed E-state index contributed by atoms with van der Waals surface area (Å²) in [4.78, 5) is 2.09. The summed E-state index contributed by atoms with van der Waals surface area (Å²) in [5.74, 6) is -0.173. The van der Waals surface area contributed by atoms with Gasteiger partial charge < -0.3 is 14.6 Å². The third kappa shape index (κ3) is 2.18. The maximum absolute atomic E-state index is 14.0. The van der Waals surface area contributed by atoms with Crippen LogP contribution in [0.25, 0.3) is 11.0 Å². The van der Waals surface area contributed by atoms with Crippen molar-refractivity contribution >= 4 is 29.1 Å². The summed E-state index contributed by atoms with van der Waals surface area (Å²) in [5, 5.41) is 4.22. The Balaban J connectivity index is 0.00000120.